The summed E-state index contributed by atoms with van der Waals surface area (Å²) in [6.07, 6.45) is 2.37. The predicted molar refractivity (Wildman–Crippen MR) is 101 cm³/mol. The van der Waals surface area contributed by atoms with Crippen LogP contribution in [0.1, 0.15) is 22.5 Å². The van der Waals surface area contributed by atoms with Crippen LogP contribution in [0.15, 0.2) is 53.1 Å². The highest BCUT2D eigenvalue weighted by Crippen LogP contribution is 2.21. The van der Waals surface area contributed by atoms with Crippen molar-refractivity contribution in [1.82, 2.24) is 14.7 Å². The highest BCUT2D eigenvalue weighted by Gasteiger charge is 2.42. The van der Waals surface area contributed by atoms with Crippen molar-refractivity contribution in [2.45, 2.75) is 18.9 Å². The number of piperazine rings is 1. The molecule has 2 fully saturated rings. The third-order valence-corrected chi connectivity index (χ3v) is 5.46. The Kier molecular flexibility index (Phi) is 5.25. The van der Waals surface area contributed by atoms with Crippen LogP contribution in [0.25, 0.3) is 0 Å². The molecular weight excluding hydrogens is 358 g/mol. The third kappa shape index (κ3) is 3.71. The molecule has 1 unspecified atom stereocenters. The second kappa shape index (κ2) is 7.98. The van der Waals surface area contributed by atoms with Crippen LogP contribution in [0.4, 0.5) is 0 Å². The highest BCUT2D eigenvalue weighted by atomic mass is 16.3. The van der Waals surface area contributed by atoms with Crippen molar-refractivity contribution in [3.63, 3.8) is 0 Å². The largest absolute Gasteiger partial charge is 0.459 e. The topological polar surface area (TPSA) is 74.1 Å². The first-order valence-corrected chi connectivity index (χ1v) is 9.58. The number of likely N-dealkylation sites (tertiary alicyclic amines) is 1. The number of hydrogen-bond acceptors (Lipinski definition) is 5. The summed E-state index contributed by atoms with van der Waals surface area (Å²) in [5.74, 6) is -0.0395. The van der Waals surface area contributed by atoms with Gasteiger partial charge in [0.05, 0.1) is 18.7 Å². The molecule has 1 aromatic carbocycles. The number of imide groups is 1. The Hall–Kier alpha value is -2.93. The number of nitrogens with zero attached hydrogens (tertiary/aromatic N) is 3. The molecule has 3 amide bonds. The Morgan fingerprint density at radius 3 is 2.43 bits per heavy atom. The van der Waals surface area contributed by atoms with E-state index in [1.165, 1.54) is 11.2 Å². The van der Waals surface area contributed by atoms with E-state index in [1.807, 2.05) is 35.2 Å². The molecule has 2 aliphatic heterocycles. The molecular formula is C21H23N3O4. The second-order valence-electron chi connectivity index (χ2n) is 7.14. The minimum atomic E-state index is -0.413. The molecule has 0 bridgehead atoms. The van der Waals surface area contributed by atoms with Gasteiger partial charge < -0.3 is 9.32 Å². The molecule has 7 heteroatoms. The second-order valence-corrected chi connectivity index (χ2v) is 7.14. The van der Waals surface area contributed by atoms with Gasteiger partial charge in [-0.2, -0.15) is 0 Å². The fraction of sp³-hybridized carbons (Fsp3) is 0.381. The van der Waals surface area contributed by atoms with Crippen molar-refractivity contribution in [2.24, 2.45) is 0 Å². The first-order chi connectivity index (χ1) is 13.6. The lowest BCUT2D eigenvalue weighted by Gasteiger charge is -2.36. The van der Waals surface area contributed by atoms with E-state index in [4.69, 9.17) is 4.42 Å². The first kappa shape index (κ1) is 18.4. The Labute approximate surface area is 163 Å². The summed E-state index contributed by atoms with van der Waals surface area (Å²) < 4.78 is 5.17. The van der Waals surface area contributed by atoms with Gasteiger partial charge in [-0.25, -0.2) is 0 Å². The lowest BCUT2D eigenvalue weighted by Crippen LogP contribution is -2.53. The fourth-order valence-electron chi connectivity index (χ4n) is 3.86. The third-order valence-electron chi connectivity index (χ3n) is 5.46. The lowest BCUT2D eigenvalue weighted by atomic mass is 10.1. The van der Waals surface area contributed by atoms with Crippen molar-refractivity contribution in [1.29, 1.82) is 0 Å². The smallest absolute Gasteiger partial charge is 0.289 e. The molecule has 2 aliphatic rings. The van der Waals surface area contributed by atoms with Crippen LogP contribution >= 0.6 is 0 Å². The zero-order valence-electron chi connectivity index (χ0n) is 15.6. The van der Waals surface area contributed by atoms with E-state index in [2.05, 4.69) is 0 Å². The average Bonchev–Trinajstić information content (AvgIpc) is 3.36. The average molecular weight is 381 g/mol. The predicted octanol–water partition coefficient (Wildman–Crippen LogP) is 1.41. The minimum absolute atomic E-state index is 0.111. The number of benzene rings is 1. The van der Waals surface area contributed by atoms with E-state index in [0.717, 1.165) is 5.56 Å². The van der Waals surface area contributed by atoms with Gasteiger partial charge in [0.25, 0.3) is 5.91 Å². The van der Waals surface area contributed by atoms with Crippen LogP contribution in [0, 0.1) is 0 Å². The Morgan fingerprint density at radius 2 is 1.75 bits per heavy atom. The van der Waals surface area contributed by atoms with Crippen molar-refractivity contribution < 1.29 is 18.8 Å². The maximum absolute atomic E-state index is 12.8. The molecule has 3 heterocycles. The maximum Gasteiger partial charge on any atom is 0.289 e. The van der Waals surface area contributed by atoms with E-state index < -0.39 is 6.04 Å². The molecule has 1 atom stereocenters. The monoisotopic (exact) mass is 381 g/mol. The molecule has 0 radical (unpaired) electrons. The van der Waals surface area contributed by atoms with Gasteiger partial charge in [0, 0.05) is 32.7 Å². The number of carbonyl (C=O) groups excluding carboxylic acids is 3. The first-order valence-electron chi connectivity index (χ1n) is 9.58. The molecule has 0 aliphatic carbocycles. The van der Waals surface area contributed by atoms with Gasteiger partial charge in [-0.15, -0.1) is 0 Å². The number of carbonyl (C=O) groups is 3. The van der Waals surface area contributed by atoms with E-state index in [-0.39, 0.29) is 24.1 Å². The van der Waals surface area contributed by atoms with Gasteiger partial charge in [0.2, 0.25) is 11.8 Å². The molecule has 0 N–H and O–H groups in total. The summed E-state index contributed by atoms with van der Waals surface area (Å²) in [5, 5.41) is 0. The molecule has 28 heavy (non-hydrogen) atoms. The molecule has 2 saturated heterocycles. The van der Waals surface area contributed by atoms with E-state index >= 15 is 0 Å². The Balaban J connectivity index is 1.32. The van der Waals surface area contributed by atoms with Gasteiger partial charge in [-0.05, 0) is 24.1 Å². The zero-order valence-corrected chi connectivity index (χ0v) is 15.6. The van der Waals surface area contributed by atoms with E-state index in [0.29, 0.717) is 44.9 Å². The van der Waals surface area contributed by atoms with Crippen LogP contribution < -0.4 is 0 Å². The highest BCUT2D eigenvalue weighted by molar-refractivity contribution is 6.05. The SMILES string of the molecule is O=C(c1ccco1)N1CCN(C2CC(=O)N(CCc3ccccc3)C2=O)CC1. The summed E-state index contributed by atoms with van der Waals surface area (Å²) in [4.78, 5) is 42.7. The van der Waals surface area contributed by atoms with Crippen molar-refractivity contribution in [2.75, 3.05) is 32.7 Å². The van der Waals surface area contributed by atoms with Crippen molar-refractivity contribution >= 4 is 17.7 Å². The van der Waals surface area contributed by atoms with Gasteiger partial charge >= 0.3 is 0 Å². The van der Waals surface area contributed by atoms with Crippen LogP contribution in [0.2, 0.25) is 0 Å². The molecule has 1 aromatic heterocycles. The zero-order chi connectivity index (χ0) is 19.5. The number of rotatable bonds is 5. The van der Waals surface area contributed by atoms with Crippen LogP contribution in [0.3, 0.4) is 0 Å². The number of amides is 3. The minimum Gasteiger partial charge on any atom is -0.459 e. The Bertz CT molecular complexity index is 842. The summed E-state index contributed by atoms with van der Waals surface area (Å²) >= 11 is 0. The van der Waals surface area contributed by atoms with Crippen LogP contribution in [0.5, 0.6) is 0 Å². The van der Waals surface area contributed by atoms with Crippen molar-refractivity contribution in [3.05, 3.63) is 60.1 Å². The molecule has 0 spiro atoms. The molecule has 4 rings (SSSR count). The normalized spacial score (nSPS) is 20.8. The lowest BCUT2D eigenvalue weighted by molar-refractivity contribution is -0.139. The van der Waals surface area contributed by atoms with Crippen LogP contribution in [-0.4, -0.2) is 71.2 Å². The molecule has 146 valence electrons. The quantitative estimate of drug-likeness (QED) is 0.732. The number of hydrogen-bond donors (Lipinski definition) is 0. The van der Waals surface area contributed by atoms with Gasteiger partial charge in [-0.1, -0.05) is 30.3 Å². The molecule has 7 nitrogen and oxygen atoms in total. The Morgan fingerprint density at radius 1 is 1.00 bits per heavy atom. The summed E-state index contributed by atoms with van der Waals surface area (Å²) in [7, 11) is 0. The number of furan rings is 1. The molecule has 2 aromatic rings. The fourth-order valence-corrected chi connectivity index (χ4v) is 3.86. The van der Waals surface area contributed by atoms with Crippen molar-refractivity contribution in [3.8, 4) is 0 Å². The van der Waals surface area contributed by atoms with Gasteiger partial charge in [-0.3, -0.25) is 24.2 Å². The van der Waals surface area contributed by atoms with E-state index in [1.54, 1.807) is 17.0 Å². The van der Waals surface area contributed by atoms with Gasteiger partial charge in [0.15, 0.2) is 5.76 Å². The molecule has 0 saturated carbocycles. The van der Waals surface area contributed by atoms with Gasteiger partial charge in [0.1, 0.15) is 0 Å². The summed E-state index contributed by atoms with van der Waals surface area (Å²) in [5.41, 5.74) is 1.11. The standard InChI is InChI=1S/C21H23N3O4/c25-19-15-17(20(26)24(19)9-8-16-5-2-1-3-6-16)22-10-12-23(13-11-22)21(27)18-7-4-14-28-18/h1-7,14,17H,8-13,15H2. The van der Waals surface area contributed by atoms with E-state index in [9.17, 15) is 14.4 Å². The summed E-state index contributed by atoms with van der Waals surface area (Å²) in [6, 6.07) is 12.8. The maximum atomic E-state index is 12.8. The summed E-state index contributed by atoms with van der Waals surface area (Å²) in [6.45, 7) is 2.59. The van der Waals surface area contributed by atoms with Crippen LogP contribution in [-0.2, 0) is 16.0 Å².